The lowest BCUT2D eigenvalue weighted by Gasteiger charge is -2.32. The zero-order valence-corrected chi connectivity index (χ0v) is 15.0. The van der Waals surface area contributed by atoms with Crippen molar-refractivity contribution in [3.8, 4) is 0 Å². The van der Waals surface area contributed by atoms with Crippen molar-refractivity contribution in [1.29, 1.82) is 0 Å². The minimum absolute atomic E-state index is 0.162. The van der Waals surface area contributed by atoms with Crippen LogP contribution in [0.1, 0.15) is 5.56 Å². The first-order valence-corrected chi connectivity index (χ1v) is 10.4. The van der Waals surface area contributed by atoms with E-state index in [1.54, 1.807) is 18.2 Å². The molecule has 0 aromatic heterocycles. The third-order valence-electron chi connectivity index (χ3n) is 3.37. The molecule has 118 valence electrons. The Labute approximate surface area is 134 Å². The summed E-state index contributed by atoms with van der Waals surface area (Å²) in [6, 6.07) is 5.06. The average molecular weight is 397 g/mol. The normalized spacial score (nSPS) is 18.8. The Kier molecular flexibility index (Phi) is 4.79. The summed E-state index contributed by atoms with van der Waals surface area (Å²) in [5.41, 5.74) is 0.961. The van der Waals surface area contributed by atoms with E-state index in [4.69, 9.17) is 0 Å². The van der Waals surface area contributed by atoms with Crippen LogP contribution in [0.25, 0.3) is 0 Å². The van der Waals surface area contributed by atoms with Crippen LogP contribution in [-0.4, -0.2) is 57.9 Å². The standard InChI is InChI=1S/C12H17BrN2O4S2/c1-10-3-4-12(11(13)9-10)21(18,19)15-7-5-14(6-8-15)20(2,16)17/h3-4,9H,5-8H2,1-2H3. The molecule has 21 heavy (non-hydrogen) atoms. The Hall–Kier alpha value is -0.480. The molecule has 0 amide bonds. The van der Waals surface area contributed by atoms with Gasteiger partial charge in [-0.2, -0.15) is 8.61 Å². The van der Waals surface area contributed by atoms with Crippen molar-refractivity contribution in [3.63, 3.8) is 0 Å². The van der Waals surface area contributed by atoms with E-state index in [1.165, 1.54) is 8.61 Å². The van der Waals surface area contributed by atoms with Crippen molar-refractivity contribution >= 4 is 36.0 Å². The van der Waals surface area contributed by atoms with E-state index < -0.39 is 20.0 Å². The van der Waals surface area contributed by atoms with E-state index in [0.717, 1.165) is 11.8 Å². The number of halogens is 1. The van der Waals surface area contributed by atoms with E-state index in [2.05, 4.69) is 15.9 Å². The summed E-state index contributed by atoms with van der Waals surface area (Å²) in [5.74, 6) is 0. The summed E-state index contributed by atoms with van der Waals surface area (Å²) < 4.78 is 51.3. The third kappa shape index (κ3) is 3.65. The number of rotatable bonds is 3. The van der Waals surface area contributed by atoms with Gasteiger partial charge in [0.2, 0.25) is 20.0 Å². The Morgan fingerprint density at radius 1 is 1.00 bits per heavy atom. The summed E-state index contributed by atoms with van der Waals surface area (Å²) in [4.78, 5) is 0.209. The Bertz CT molecular complexity index is 739. The van der Waals surface area contributed by atoms with Crippen molar-refractivity contribution < 1.29 is 16.8 Å². The molecule has 0 aliphatic carbocycles. The first-order chi connectivity index (χ1) is 9.62. The number of piperazine rings is 1. The quantitative estimate of drug-likeness (QED) is 0.764. The highest BCUT2D eigenvalue weighted by Crippen LogP contribution is 2.26. The molecule has 0 radical (unpaired) electrons. The fraction of sp³-hybridized carbons (Fsp3) is 0.500. The zero-order valence-electron chi connectivity index (χ0n) is 11.8. The molecular weight excluding hydrogens is 380 g/mol. The highest BCUT2D eigenvalue weighted by atomic mass is 79.9. The van der Waals surface area contributed by atoms with E-state index in [-0.39, 0.29) is 31.1 Å². The summed E-state index contributed by atoms with van der Waals surface area (Å²) in [5, 5.41) is 0. The number of hydrogen-bond acceptors (Lipinski definition) is 4. The molecule has 0 N–H and O–H groups in total. The monoisotopic (exact) mass is 396 g/mol. The molecule has 0 bridgehead atoms. The van der Waals surface area contributed by atoms with Gasteiger partial charge in [-0.15, -0.1) is 0 Å². The van der Waals surface area contributed by atoms with E-state index in [0.29, 0.717) is 4.47 Å². The first kappa shape index (κ1) is 16.9. The van der Waals surface area contributed by atoms with Gasteiger partial charge in [0.05, 0.1) is 11.2 Å². The van der Waals surface area contributed by atoms with Gasteiger partial charge < -0.3 is 0 Å². The fourth-order valence-corrected chi connectivity index (χ4v) is 5.60. The third-order valence-corrected chi connectivity index (χ3v) is 7.55. The van der Waals surface area contributed by atoms with Crippen LogP contribution in [0.2, 0.25) is 0 Å². The molecule has 0 atom stereocenters. The van der Waals surface area contributed by atoms with Crippen molar-refractivity contribution in [1.82, 2.24) is 8.61 Å². The van der Waals surface area contributed by atoms with Gasteiger partial charge in [0, 0.05) is 30.7 Å². The maximum Gasteiger partial charge on any atom is 0.244 e. The SMILES string of the molecule is Cc1ccc(S(=O)(=O)N2CCN(S(C)(=O)=O)CC2)c(Br)c1. The largest absolute Gasteiger partial charge is 0.244 e. The second-order valence-corrected chi connectivity index (χ2v) is 9.74. The molecule has 0 spiro atoms. The molecule has 1 saturated heterocycles. The summed E-state index contributed by atoms with van der Waals surface area (Å²) in [7, 11) is -6.88. The molecule has 1 aliphatic rings. The maximum atomic E-state index is 12.6. The molecule has 0 unspecified atom stereocenters. The Morgan fingerprint density at radius 2 is 1.52 bits per heavy atom. The topological polar surface area (TPSA) is 74.8 Å². The van der Waals surface area contributed by atoms with Crippen LogP contribution < -0.4 is 0 Å². The minimum Gasteiger partial charge on any atom is -0.213 e. The van der Waals surface area contributed by atoms with Crippen molar-refractivity contribution in [2.45, 2.75) is 11.8 Å². The lowest BCUT2D eigenvalue weighted by molar-refractivity contribution is 0.274. The van der Waals surface area contributed by atoms with Gasteiger partial charge in [0.15, 0.2) is 0 Å². The van der Waals surface area contributed by atoms with Crippen LogP contribution in [0.5, 0.6) is 0 Å². The number of aryl methyl sites for hydroxylation is 1. The fourth-order valence-electron chi connectivity index (χ4n) is 2.20. The highest BCUT2D eigenvalue weighted by molar-refractivity contribution is 9.10. The first-order valence-electron chi connectivity index (χ1n) is 6.34. The van der Waals surface area contributed by atoms with Crippen LogP contribution in [0.15, 0.2) is 27.6 Å². The predicted octanol–water partition coefficient (Wildman–Crippen LogP) is 1.02. The van der Waals surface area contributed by atoms with Crippen LogP contribution in [-0.2, 0) is 20.0 Å². The van der Waals surface area contributed by atoms with Crippen molar-refractivity contribution in [2.24, 2.45) is 0 Å². The smallest absolute Gasteiger partial charge is 0.213 e. The van der Waals surface area contributed by atoms with E-state index in [9.17, 15) is 16.8 Å². The highest BCUT2D eigenvalue weighted by Gasteiger charge is 2.32. The zero-order chi connectivity index (χ0) is 15.8. The van der Waals surface area contributed by atoms with Gasteiger partial charge in [0.1, 0.15) is 0 Å². The summed E-state index contributed by atoms with van der Waals surface area (Å²) in [6.45, 7) is 2.57. The molecular formula is C12H17BrN2O4S2. The molecule has 9 heteroatoms. The summed E-state index contributed by atoms with van der Waals surface area (Å²) >= 11 is 3.28. The molecule has 1 aromatic rings. The molecule has 1 aliphatic heterocycles. The number of hydrogen-bond donors (Lipinski definition) is 0. The van der Waals surface area contributed by atoms with Gasteiger partial charge in [0.25, 0.3) is 0 Å². The molecule has 2 rings (SSSR count). The van der Waals surface area contributed by atoms with Gasteiger partial charge in [-0.1, -0.05) is 6.07 Å². The predicted molar refractivity (Wildman–Crippen MR) is 84.1 cm³/mol. The molecule has 1 fully saturated rings. The van der Waals surface area contributed by atoms with Crippen LogP contribution in [0.4, 0.5) is 0 Å². The molecule has 1 aromatic carbocycles. The summed E-state index contributed by atoms with van der Waals surface area (Å²) in [6.07, 6.45) is 1.13. The lowest BCUT2D eigenvalue weighted by atomic mass is 10.2. The van der Waals surface area contributed by atoms with Crippen LogP contribution in [0.3, 0.4) is 0 Å². The van der Waals surface area contributed by atoms with E-state index in [1.807, 2.05) is 6.92 Å². The minimum atomic E-state index is -3.61. The average Bonchev–Trinajstić information content (AvgIpc) is 2.37. The Morgan fingerprint density at radius 3 is 2.00 bits per heavy atom. The number of sulfonamides is 2. The second-order valence-electron chi connectivity index (χ2n) is 5.00. The van der Waals surface area contributed by atoms with Gasteiger partial charge in [-0.05, 0) is 40.5 Å². The number of nitrogens with zero attached hydrogens (tertiary/aromatic N) is 2. The molecule has 6 nitrogen and oxygen atoms in total. The van der Waals surface area contributed by atoms with Crippen molar-refractivity contribution in [2.75, 3.05) is 32.4 Å². The van der Waals surface area contributed by atoms with E-state index >= 15 is 0 Å². The van der Waals surface area contributed by atoms with Gasteiger partial charge in [-0.3, -0.25) is 0 Å². The number of benzene rings is 1. The second kappa shape index (κ2) is 5.96. The van der Waals surface area contributed by atoms with Crippen LogP contribution >= 0.6 is 15.9 Å². The van der Waals surface area contributed by atoms with Crippen molar-refractivity contribution in [3.05, 3.63) is 28.2 Å². The molecule has 1 heterocycles. The molecule has 0 saturated carbocycles. The maximum absolute atomic E-state index is 12.6. The lowest BCUT2D eigenvalue weighted by Crippen LogP contribution is -2.50. The van der Waals surface area contributed by atoms with Gasteiger partial charge >= 0.3 is 0 Å². The van der Waals surface area contributed by atoms with Gasteiger partial charge in [-0.25, -0.2) is 16.8 Å². The van der Waals surface area contributed by atoms with Crippen LogP contribution in [0, 0.1) is 6.92 Å². The Balaban J connectivity index is 2.23.